The fourth-order valence-corrected chi connectivity index (χ4v) is 5.22. The van der Waals surface area contributed by atoms with Crippen LogP contribution in [0.15, 0.2) is 64.1 Å². The van der Waals surface area contributed by atoms with Crippen LogP contribution in [0.1, 0.15) is 36.0 Å². The second-order valence-corrected chi connectivity index (χ2v) is 9.06. The van der Waals surface area contributed by atoms with E-state index in [9.17, 15) is 0 Å². The quantitative estimate of drug-likeness (QED) is 0.540. The van der Waals surface area contributed by atoms with E-state index in [4.69, 9.17) is 21.0 Å². The number of pyridine rings is 1. The summed E-state index contributed by atoms with van der Waals surface area (Å²) >= 11 is 8.14. The summed E-state index contributed by atoms with van der Waals surface area (Å²) in [5, 5.41) is 2.36. The minimum Gasteiger partial charge on any atom is -0.459 e. The molecule has 0 bridgehead atoms. The summed E-state index contributed by atoms with van der Waals surface area (Å²) in [6.07, 6.45) is 1.83. The van der Waals surface area contributed by atoms with Gasteiger partial charge in [-0.1, -0.05) is 48.5 Å². The first-order valence-corrected chi connectivity index (χ1v) is 10.6. The second kappa shape index (κ2) is 6.98. The summed E-state index contributed by atoms with van der Waals surface area (Å²) in [6, 6.07) is 16.0. The zero-order chi connectivity index (χ0) is 19.3. The molecule has 0 aliphatic carbocycles. The van der Waals surface area contributed by atoms with Gasteiger partial charge < -0.3 is 9.32 Å². The predicted octanol–water partition coefficient (Wildman–Crippen LogP) is 5.89. The van der Waals surface area contributed by atoms with Crippen LogP contribution >= 0.6 is 23.4 Å². The number of hydrogen-bond acceptors (Lipinski definition) is 5. The van der Waals surface area contributed by atoms with Crippen molar-refractivity contribution in [3.63, 3.8) is 0 Å². The van der Waals surface area contributed by atoms with Crippen molar-refractivity contribution in [3.8, 4) is 11.3 Å². The molecule has 4 heterocycles. The Morgan fingerprint density at radius 3 is 2.86 bits per heavy atom. The molecule has 0 radical (unpaired) electrons. The van der Waals surface area contributed by atoms with Crippen molar-refractivity contribution in [2.45, 2.75) is 31.2 Å². The third kappa shape index (κ3) is 2.93. The van der Waals surface area contributed by atoms with Gasteiger partial charge in [0.15, 0.2) is 5.17 Å². The Morgan fingerprint density at radius 2 is 2.04 bits per heavy atom. The maximum atomic E-state index is 6.37. The Bertz CT molecular complexity index is 1050. The molecule has 0 spiro atoms. The number of aliphatic imine (C=N–C) groups is 1. The first-order valence-electron chi connectivity index (χ1n) is 9.39. The van der Waals surface area contributed by atoms with Crippen molar-refractivity contribution in [2.75, 3.05) is 6.54 Å². The van der Waals surface area contributed by atoms with Crippen LogP contribution in [0.3, 0.4) is 0 Å². The normalized spacial score (nSPS) is 23.8. The van der Waals surface area contributed by atoms with E-state index in [1.54, 1.807) is 0 Å². The third-order valence-electron chi connectivity index (χ3n) is 5.33. The molecule has 2 aromatic heterocycles. The van der Waals surface area contributed by atoms with Gasteiger partial charge >= 0.3 is 0 Å². The highest BCUT2D eigenvalue weighted by Gasteiger charge is 2.45. The molecule has 1 saturated heterocycles. The van der Waals surface area contributed by atoms with E-state index in [1.165, 1.54) is 0 Å². The number of halogens is 1. The number of rotatable bonds is 3. The van der Waals surface area contributed by atoms with E-state index in [0.29, 0.717) is 5.25 Å². The van der Waals surface area contributed by atoms with Crippen LogP contribution in [-0.2, 0) is 0 Å². The first kappa shape index (κ1) is 17.8. The van der Waals surface area contributed by atoms with Crippen LogP contribution in [-0.4, -0.2) is 26.8 Å². The molecule has 2 aliphatic rings. The second-order valence-electron chi connectivity index (χ2n) is 7.25. The molecule has 28 heavy (non-hydrogen) atoms. The molecule has 1 aromatic carbocycles. The summed E-state index contributed by atoms with van der Waals surface area (Å²) in [6.45, 7) is 5.22. The monoisotopic (exact) mass is 409 g/mol. The number of aromatic nitrogens is 1. The van der Waals surface area contributed by atoms with Crippen LogP contribution in [0.2, 0.25) is 5.02 Å². The molecule has 0 unspecified atom stereocenters. The Balaban J connectivity index is 1.55. The molecular formula is C22H20ClN3OS. The lowest BCUT2D eigenvalue weighted by molar-refractivity contribution is 0.277. The fourth-order valence-electron chi connectivity index (χ4n) is 3.96. The van der Waals surface area contributed by atoms with Crippen LogP contribution in [0.25, 0.3) is 11.3 Å². The van der Waals surface area contributed by atoms with E-state index in [2.05, 4.69) is 22.9 Å². The van der Waals surface area contributed by atoms with Crippen molar-refractivity contribution in [1.82, 2.24) is 9.88 Å². The predicted molar refractivity (Wildman–Crippen MR) is 115 cm³/mol. The average molecular weight is 410 g/mol. The van der Waals surface area contributed by atoms with Gasteiger partial charge in [-0.2, -0.15) is 0 Å². The lowest BCUT2D eigenvalue weighted by Gasteiger charge is -2.25. The third-order valence-corrected chi connectivity index (χ3v) is 6.84. The lowest BCUT2D eigenvalue weighted by Crippen LogP contribution is -2.28. The average Bonchev–Trinajstić information content (AvgIpc) is 3.38. The van der Waals surface area contributed by atoms with Gasteiger partial charge in [-0.15, -0.1) is 0 Å². The number of thioether (sulfide) groups is 1. The Kier molecular flexibility index (Phi) is 4.44. The standard InChI is InChI=1S/C22H20ClN3OS/c1-13-12-26-21(20(25-22(26)28-13)17-8-3-4-11-24-17)19-10-9-18(27-19)15-6-5-7-16(23)14(15)2/h3-11,13,20-21H,12H2,1-2H3/t13-,20-,21-/m0/s1. The van der Waals surface area contributed by atoms with Gasteiger partial charge in [-0.25, -0.2) is 4.99 Å². The molecule has 0 N–H and O–H groups in total. The largest absolute Gasteiger partial charge is 0.459 e. The maximum absolute atomic E-state index is 6.37. The summed E-state index contributed by atoms with van der Waals surface area (Å²) in [4.78, 5) is 11.9. The zero-order valence-electron chi connectivity index (χ0n) is 15.7. The van der Waals surface area contributed by atoms with Crippen molar-refractivity contribution in [2.24, 2.45) is 4.99 Å². The van der Waals surface area contributed by atoms with Crippen LogP contribution in [0.5, 0.6) is 0 Å². The number of amidine groups is 1. The van der Waals surface area contributed by atoms with Gasteiger partial charge in [-0.3, -0.25) is 4.98 Å². The van der Waals surface area contributed by atoms with E-state index >= 15 is 0 Å². The SMILES string of the molecule is Cc1c(Cl)cccc1-c1ccc([C@H]2[C@H](c3ccccn3)N=C3S[C@@H](C)CN32)o1. The minimum absolute atomic E-state index is 0.0237. The van der Waals surface area contributed by atoms with Gasteiger partial charge in [0.25, 0.3) is 0 Å². The molecule has 0 amide bonds. The summed E-state index contributed by atoms with van der Waals surface area (Å²) in [5.74, 6) is 1.75. The Labute approximate surface area is 173 Å². The lowest BCUT2D eigenvalue weighted by atomic mass is 10.0. The van der Waals surface area contributed by atoms with Crippen molar-refractivity contribution in [1.29, 1.82) is 0 Å². The van der Waals surface area contributed by atoms with E-state index in [0.717, 1.165) is 45.1 Å². The Morgan fingerprint density at radius 1 is 1.14 bits per heavy atom. The number of nitrogens with zero attached hydrogens (tertiary/aromatic N) is 3. The molecule has 4 nitrogen and oxygen atoms in total. The summed E-state index contributed by atoms with van der Waals surface area (Å²) in [5.41, 5.74) is 3.02. The smallest absolute Gasteiger partial charge is 0.161 e. The van der Waals surface area contributed by atoms with Gasteiger partial charge in [0.05, 0.1) is 5.69 Å². The summed E-state index contributed by atoms with van der Waals surface area (Å²) in [7, 11) is 0. The number of fused-ring (bicyclic) bond motifs is 1. The first-order chi connectivity index (χ1) is 13.6. The number of furan rings is 1. The topological polar surface area (TPSA) is 41.6 Å². The van der Waals surface area contributed by atoms with Gasteiger partial charge in [-0.05, 0) is 42.8 Å². The molecule has 3 atom stereocenters. The van der Waals surface area contributed by atoms with Crippen molar-refractivity contribution >= 4 is 28.5 Å². The molecule has 1 fully saturated rings. The maximum Gasteiger partial charge on any atom is 0.161 e. The highest BCUT2D eigenvalue weighted by atomic mass is 35.5. The molecule has 0 saturated carbocycles. The highest BCUT2D eigenvalue weighted by Crippen LogP contribution is 2.48. The molecule has 2 aliphatic heterocycles. The van der Waals surface area contributed by atoms with Crippen molar-refractivity contribution < 1.29 is 4.42 Å². The van der Waals surface area contributed by atoms with Crippen LogP contribution in [0.4, 0.5) is 0 Å². The molecule has 5 rings (SSSR count). The summed E-state index contributed by atoms with van der Waals surface area (Å²) < 4.78 is 6.37. The van der Waals surface area contributed by atoms with Crippen LogP contribution < -0.4 is 0 Å². The molecule has 6 heteroatoms. The fraction of sp³-hybridized carbons (Fsp3) is 0.273. The van der Waals surface area contributed by atoms with Crippen LogP contribution in [0, 0.1) is 6.92 Å². The molecule has 142 valence electrons. The zero-order valence-corrected chi connectivity index (χ0v) is 17.2. The van der Waals surface area contributed by atoms with Crippen molar-refractivity contribution in [3.05, 3.63) is 76.8 Å². The number of hydrogen-bond donors (Lipinski definition) is 0. The van der Waals surface area contributed by atoms with E-state index < -0.39 is 0 Å². The van der Waals surface area contributed by atoms with Gasteiger partial charge in [0.2, 0.25) is 0 Å². The van der Waals surface area contributed by atoms with E-state index in [-0.39, 0.29) is 12.1 Å². The van der Waals surface area contributed by atoms with Gasteiger partial charge in [0.1, 0.15) is 23.6 Å². The molecule has 3 aromatic rings. The molecular weight excluding hydrogens is 390 g/mol. The Hall–Kier alpha value is -2.24. The minimum atomic E-state index is -0.0596. The van der Waals surface area contributed by atoms with E-state index in [1.807, 2.05) is 67.3 Å². The number of benzene rings is 1. The van der Waals surface area contributed by atoms with Gasteiger partial charge in [0, 0.05) is 28.6 Å². The highest BCUT2D eigenvalue weighted by molar-refractivity contribution is 8.14.